The Bertz CT molecular complexity index is 575. The van der Waals surface area contributed by atoms with Crippen LogP contribution in [0.15, 0.2) is 24.3 Å². The topological polar surface area (TPSA) is 74.7 Å². The summed E-state index contributed by atoms with van der Waals surface area (Å²) in [5, 5.41) is 9.48. The summed E-state index contributed by atoms with van der Waals surface area (Å²) in [6, 6.07) is 6.62. The highest BCUT2D eigenvalue weighted by Crippen LogP contribution is 2.18. The van der Waals surface area contributed by atoms with Gasteiger partial charge in [-0.25, -0.2) is 0 Å². The molecule has 1 atom stereocenters. The van der Waals surface area contributed by atoms with Crippen LogP contribution in [0.3, 0.4) is 0 Å². The molecular formula is C15H16ClNO4S. The number of halogens is 1. The van der Waals surface area contributed by atoms with Gasteiger partial charge < -0.3 is 10.0 Å². The van der Waals surface area contributed by atoms with Gasteiger partial charge in [0.15, 0.2) is 5.78 Å². The van der Waals surface area contributed by atoms with E-state index in [9.17, 15) is 14.4 Å². The van der Waals surface area contributed by atoms with Gasteiger partial charge in [-0.1, -0.05) is 11.6 Å². The van der Waals surface area contributed by atoms with Gasteiger partial charge in [0.25, 0.3) is 0 Å². The van der Waals surface area contributed by atoms with E-state index in [1.54, 1.807) is 29.2 Å². The first-order chi connectivity index (χ1) is 10.5. The average molecular weight is 342 g/mol. The summed E-state index contributed by atoms with van der Waals surface area (Å²) in [6.45, 7) is 0.737. The summed E-state index contributed by atoms with van der Waals surface area (Å²) in [5.74, 6) is -1.10. The van der Waals surface area contributed by atoms with Crippen LogP contribution >= 0.6 is 23.4 Å². The number of carbonyl (C=O) groups is 3. The van der Waals surface area contributed by atoms with Crippen molar-refractivity contribution in [1.29, 1.82) is 0 Å². The third kappa shape index (κ3) is 4.48. The van der Waals surface area contributed by atoms with Crippen LogP contribution in [-0.4, -0.2) is 52.3 Å². The van der Waals surface area contributed by atoms with Crippen molar-refractivity contribution in [3.05, 3.63) is 34.9 Å². The first kappa shape index (κ1) is 16.8. The molecular weight excluding hydrogens is 326 g/mol. The molecule has 2 rings (SSSR count). The molecule has 1 aliphatic heterocycles. The molecule has 0 aliphatic carbocycles. The molecule has 1 N–H and O–H groups in total. The number of Topliss-reactive ketones (excluding diaryl/α,β-unsaturated/α-hetero) is 1. The molecule has 0 bridgehead atoms. The fourth-order valence-electron chi connectivity index (χ4n) is 2.23. The van der Waals surface area contributed by atoms with Crippen molar-refractivity contribution >= 4 is 41.0 Å². The molecule has 1 unspecified atom stereocenters. The Kier molecular flexibility index (Phi) is 5.85. The van der Waals surface area contributed by atoms with Gasteiger partial charge in [-0.15, -0.1) is 11.8 Å². The van der Waals surface area contributed by atoms with Crippen molar-refractivity contribution in [2.45, 2.75) is 6.42 Å². The van der Waals surface area contributed by atoms with E-state index < -0.39 is 11.9 Å². The number of carbonyl (C=O) groups excluding carboxylic acids is 2. The molecule has 0 saturated carbocycles. The quantitative estimate of drug-likeness (QED) is 0.803. The van der Waals surface area contributed by atoms with Crippen LogP contribution in [0.1, 0.15) is 16.8 Å². The Labute approximate surface area is 137 Å². The smallest absolute Gasteiger partial charge is 0.308 e. The predicted molar refractivity (Wildman–Crippen MR) is 85.4 cm³/mol. The van der Waals surface area contributed by atoms with Gasteiger partial charge in [-0.2, -0.15) is 0 Å². The van der Waals surface area contributed by atoms with Crippen molar-refractivity contribution < 1.29 is 19.5 Å². The van der Waals surface area contributed by atoms with Crippen molar-refractivity contribution in [1.82, 2.24) is 4.90 Å². The van der Waals surface area contributed by atoms with Crippen LogP contribution in [0.5, 0.6) is 0 Å². The molecule has 1 aromatic carbocycles. The summed E-state index contributed by atoms with van der Waals surface area (Å²) in [7, 11) is 0. The lowest BCUT2D eigenvalue weighted by Crippen LogP contribution is -2.31. The lowest BCUT2D eigenvalue weighted by Gasteiger charge is -2.15. The number of amides is 1. The second-order valence-electron chi connectivity index (χ2n) is 5.09. The summed E-state index contributed by atoms with van der Waals surface area (Å²) < 4.78 is 0. The lowest BCUT2D eigenvalue weighted by molar-refractivity contribution is -0.141. The molecule has 1 aromatic rings. The third-order valence-electron chi connectivity index (χ3n) is 3.52. The van der Waals surface area contributed by atoms with E-state index in [2.05, 4.69) is 0 Å². The van der Waals surface area contributed by atoms with Gasteiger partial charge in [-0.05, 0) is 30.7 Å². The Balaban J connectivity index is 1.74. The van der Waals surface area contributed by atoms with E-state index in [4.69, 9.17) is 16.7 Å². The number of likely N-dealkylation sites (tertiary alicyclic amines) is 1. The van der Waals surface area contributed by atoms with Crippen molar-refractivity contribution in [2.75, 3.05) is 24.6 Å². The van der Waals surface area contributed by atoms with Gasteiger partial charge in [0.05, 0.1) is 17.4 Å². The van der Waals surface area contributed by atoms with Gasteiger partial charge in [-0.3, -0.25) is 14.4 Å². The maximum atomic E-state index is 12.0. The number of ketones is 1. The molecule has 118 valence electrons. The SMILES string of the molecule is O=C(CSCC(=O)N1CCC(C(=O)O)C1)c1ccc(Cl)cc1. The minimum atomic E-state index is -0.860. The van der Waals surface area contributed by atoms with Gasteiger partial charge in [0.1, 0.15) is 0 Å². The average Bonchev–Trinajstić information content (AvgIpc) is 2.98. The predicted octanol–water partition coefficient (Wildman–Crippen LogP) is 2.19. The highest BCUT2D eigenvalue weighted by molar-refractivity contribution is 8.00. The number of hydrogen-bond acceptors (Lipinski definition) is 4. The number of benzene rings is 1. The number of nitrogens with zero attached hydrogens (tertiary/aromatic N) is 1. The number of carboxylic acids is 1. The Hall–Kier alpha value is -1.53. The molecule has 1 aliphatic rings. The summed E-state index contributed by atoms with van der Waals surface area (Å²) in [4.78, 5) is 36.3. The molecule has 0 radical (unpaired) electrons. The molecule has 22 heavy (non-hydrogen) atoms. The Morgan fingerprint density at radius 2 is 1.91 bits per heavy atom. The van der Waals surface area contributed by atoms with Gasteiger partial charge in [0.2, 0.25) is 5.91 Å². The molecule has 7 heteroatoms. The second-order valence-corrected chi connectivity index (χ2v) is 6.51. The number of rotatable bonds is 6. The Morgan fingerprint density at radius 1 is 1.23 bits per heavy atom. The molecule has 1 saturated heterocycles. The first-order valence-electron chi connectivity index (χ1n) is 6.84. The normalized spacial score (nSPS) is 17.5. The molecule has 0 aromatic heterocycles. The standard InChI is InChI=1S/C15H16ClNO4S/c16-12-3-1-10(2-4-12)13(18)8-22-9-14(19)17-6-5-11(7-17)15(20)21/h1-4,11H,5-9H2,(H,20,21). The van der Waals surface area contributed by atoms with E-state index >= 15 is 0 Å². The monoisotopic (exact) mass is 341 g/mol. The minimum Gasteiger partial charge on any atom is -0.481 e. The van der Waals surface area contributed by atoms with Crippen LogP contribution in [-0.2, 0) is 9.59 Å². The van der Waals surface area contributed by atoms with Crippen molar-refractivity contribution in [3.8, 4) is 0 Å². The molecule has 1 fully saturated rings. The highest BCUT2D eigenvalue weighted by atomic mass is 35.5. The van der Waals surface area contributed by atoms with Crippen LogP contribution in [0.4, 0.5) is 0 Å². The number of carboxylic acid groups (broad SMARTS) is 1. The number of hydrogen-bond donors (Lipinski definition) is 1. The first-order valence-corrected chi connectivity index (χ1v) is 8.37. The van der Waals surface area contributed by atoms with Crippen molar-refractivity contribution in [2.24, 2.45) is 5.92 Å². The van der Waals surface area contributed by atoms with Crippen LogP contribution in [0.2, 0.25) is 5.02 Å². The molecule has 1 heterocycles. The largest absolute Gasteiger partial charge is 0.481 e. The van der Waals surface area contributed by atoms with Gasteiger partial charge in [0, 0.05) is 23.7 Å². The number of thioether (sulfide) groups is 1. The van der Waals surface area contributed by atoms with E-state index in [1.165, 1.54) is 11.8 Å². The van der Waals surface area contributed by atoms with Crippen LogP contribution in [0, 0.1) is 5.92 Å². The molecule has 1 amide bonds. The maximum absolute atomic E-state index is 12.0. The summed E-state index contributed by atoms with van der Waals surface area (Å²) in [5.41, 5.74) is 0.566. The number of aliphatic carboxylic acids is 1. The van der Waals surface area contributed by atoms with Crippen molar-refractivity contribution in [3.63, 3.8) is 0 Å². The lowest BCUT2D eigenvalue weighted by atomic mass is 10.1. The Morgan fingerprint density at radius 3 is 2.50 bits per heavy atom. The maximum Gasteiger partial charge on any atom is 0.308 e. The summed E-state index contributed by atoms with van der Waals surface area (Å²) in [6.07, 6.45) is 0.495. The van der Waals surface area contributed by atoms with E-state index in [0.717, 1.165) is 0 Å². The zero-order valence-electron chi connectivity index (χ0n) is 11.8. The fraction of sp³-hybridized carbons (Fsp3) is 0.400. The van der Waals surface area contributed by atoms with E-state index in [-0.39, 0.29) is 29.7 Å². The summed E-state index contributed by atoms with van der Waals surface area (Å²) >= 11 is 7.00. The van der Waals surface area contributed by atoms with Crippen LogP contribution in [0.25, 0.3) is 0 Å². The van der Waals surface area contributed by atoms with Crippen LogP contribution < -0.4 is 0 Å². The van der Waals surface area contributed by atoms with E-state index in [1.807, 2.05) is 0 Å². The molecule has 5 nitrogen and oxygen atoms in total. The second kappa shape index (κ2) is 7.65. The third-order valence-corrected chi connectivity index (χ3v) is 4.68. The fourth-order valence-corrected chi connectivity index (χ4v) is 3.17. The zero-order chi connectivity index (χ0) is 16.1. The zero-order valence-corrected chi connectivity index (χ0v) is 13.4. The molecule has 0 spiro atoms. The van der Waals surface area contributed by atoms with Gasteiger partial charge >= 0.3 is 5.97 Å². The highest BCUT2D eigenvalue weighted by Gasteiger charge is 2.30. The minimum absolute atomic E-state index is 0.0562. The van der Waals surface area contributed by atoms with E-state index in [0.29, 0.717) is 23.6 Å².